The van der Waals surface area contributed by atoms with Crippen molar-refractivity contribution < 1.29 is 0 Å². The Balaban J connectivity index is 2.36. The van der Waals surface area contributed by atoms with Crippen molar-refractivity contribution in [1.82, 2.24) is 5.32 Å². The highest BCUT2D eigenvalue weighted by Crippen LogP contribution is 2.40. The summed E-state index contributed by atoms with van der Waals surface area (Å²) >= 11 is 16.2. The monoisotopic (exact) mass is 392 g/mol. The third kappa shape index (κ3) is 3.69. The zero-order valence-corrected chi connectivity index (χ0v) is 16.1. The van der Waals surface area contributed by atoms with Crippen molar-refractivity contribution in [2.45, 2.75) is 46.2 Å². The highest BCUT2D eigenvalue weighted by molar-refractivity contribution is 9.10. The number of anilines is 1. The van der Waals surface area contributed by atoms with Crippen LogP contribution in [0.25, 0.3) is 0 Å². The van der Waals surface area contributed by atoms with Crippen LogP contribution in [-0.2, 0) is 0 Å². The predicted octanol–water partition coefficient (Wildman–Crippen LogP) is 5.36. The van der Waals surface area contributed by atoms with Crippen LogP contribution >= 0.6 is 39.1 Å². The van der Waals surface area contributed by atoms with Crippen LogP contribution in [0.15, 0.2) is 16.6 Å². The minimum absolute atomic E-state index is 0.211. The molecular weight excluding hydrogens is 371 g/mol. The van der Waals surface area contributed by atoms with Crippen molar-refractivity contribution >= 4 is 44.8 Å². The van der Waals surface area contributed by atoms with Crippen LogP contribution in [0.2, 0.25) is 10.0 Å². The van der Waals surface area contributed by atoms with E-state index in [1.54, 1.807) is 0 Å². The second kappa shape index (κ2) is 6.66. The fourth-order valence-electron chi connectivity index (χ4n) is 2.78. The lowest BCUT2D eigenvalue weighted by Crippen LogP contribution is -2.60. The maximum Gasteiger partial charge on any atom is 0.0837 e. The molecule has 0 saturated carbocycles. The summed E-state index contributed by atoms with van der Waals surface area (Å²) in [7, 11) is 0. The number of piperazine rings is 1. The third-order valence-corrected chi connectivity index (χ3v) is 6.02. The molecule has 0 aliphatic carbocycles. The van der Waals surface area contributed by atoms with Gasteiger partial charge in [0.1, 0.15) is 0 Å². The second-order valence-corrected chi connectivity index (χ2v) is 8.35. The summed E-state index contributed by atoms with van der Waals surface area (Å²) in [5.74, 6) is 0. The van der Waals surface area contributed by atoms with Crippen molar-refractivity contribution in [2.24, 2.45) is 5.41 Å². The van der Waals surface area contributed by atoms with Crippen molar-refractivity contribution in [1.29, 1.82) is 0 Å². The van der Waals surface area contributed by atoms with Crippen LogP contribution < -0.4 is 10.2 Å². The zero-order chi connectivity index (χ0) is 15.8. The second-order valence-electron chi connectivity index (χ2n) is 6.74. The van der Waals surface area contributed by atoms with Gasteiger partial charge in [0.2, 0.25) is 0 Å². The van der Waals surface area contributed by atoms with E-state index >= 15 is 0 Å². The van der Waals surface area contributed by atoms with Gasteiger partial charge in [-0.1, -0.05) is 50.9 Å². The summed E-state index contributed by atoms with van der Waals surface area (Å²) in [6, 6.07) is 4.91. The molecule has 1 N–H and O–H groups in total. The third-order valence-electron chi connectivity index (χ3n) is 4.26. The summed E-state index contributed by atoms with van der Waals surface area (Å²) < 4.78 is 0.841. The minimum Gasteiger partial charge on any atom is -0.364 e. The van der Waals surface area contributed by atoms with Crippen molar-refractivity contribution in [2.75, 3.05) is 18.0 Å². The molecule has 0 bridgehead atoms. The molecule has 2 atom stereocenters. The van der Waals surface area contributed by atoms with E-state index in [-0.39, 0.29) is 5.41 Å². The van der Waals surface area contributed by atoms with E-state index in [4.69, 9.17) is 23.2 Å². The quantitative estimate of drug-likeness (QED) is 0.680. The van der Waals surface area contributed by atoms with Crippen LogP contribution in [0.3, 0.4) is 0 Å². The van der Waals surface area contributed by atoms with Gasteiger partial charge in [-0.3, -0.25) is 0 Å². The molecule has 1 aliphatic heterocycles. The Hall–Kier alpha value is 0.0400. The Morgan fingerprint density at radius 2 is 1.95 bits per heavy atom. The minimum atomic E-state index is 0.211. The summed E-state index contributed by atoms with van der Waals surface area (Å²) in [6.07, 6.45) is 1.08. The van der Waals surface area contributed by atoms with E-state index < -0.39 is 0 Å². The topological polar surface area (TPSA) is 15.3 Å². The molecule has 2 unspecified atom stereocenters. The predicted molar refractivity (Wildman–Crippen MR) is 96.8 cm³/mol. The molecule has 118 valence electrons. The van der Waals surface area contributed by atoms with Gasteiger partial charge in [-0.15, -0.1) is 0 Å². The number of hydrogen-bond donors (Lipinski definition) is 1. The lowest BCUT2D eigenvalue weighted by atomic mass is 9.84. The van der Waals surface area contributed by atoms with E-state index in [2.05, 4.69) is 59.9 Å². The number of halogens is 3. The Morgan fingerprint density at radius 3 is 2.52 bits per heavy atom. The van der Waals surface area contributed by atoms with Gasteiger partial charge in [-0.2, -0.15) is 0 Å². The normalized spacial score (nSPS) is 23.5. The van der Waals surface area contributed by atoms with Gasteiger partial charge in [-0.05, 0) is 39.9 Å². The van der Waals surface area contributed by atoms with Crippen LogP contribution in [0.1, 0.15) is 34.1 Å². The Kier molecular flexibility index (Phi) is 5.51. The molecule has 0 aromatic heterocycles. The van der Waals surface area contributed by atoms with Crippen LogP contribution in [0, 0.1) is 5.41 Å². The first-order chi connectivity index (χ1) is 9.75. The summed E-state index contributed by atoms with van der Waals surface area (Å²) in [6.45, 7) is 10.9. The standard InChI is InChI=1S/C16H23BrCl2N2/c1-5-10-8-20-13(16(2,3)4)9-21(10)12-7-6-11(17)14(18)15(12)19/h6-7,10,13,20H,5,8-9H2,1-4H3. The van der Waals surface area contributed by atoms with E-state index in [0.717, 1.165) is 29.7 Å². The molecule has 0 spiro atoms. The van der Waals surface area contributed by atoms with Gasteiger partial charge < -0.3 is 10.2 Å². The number of nitrogens with one attached hydrogen (secondary N) is 1. The number of rotatable bonds is 2. The first-order valence-corrected chi connectivity index (χ1v) is 8.94. The van der Waals surface area contributed by atoms with Crippen LogP contribution in [0.4, 0.5) is 5.69 Å². The average Bonchev–Trinajstić information content (AvgIpc) is 2.43. The molecule has 21 heavy (non-hydrogen) atoms. The highest BCUT2D eigenvalue weighted by atomic mass is 79.9. The number of hydrogen-bond acceptors (Lipinski definition) is 2. The molecule has 5 heteroatoms. The van der Waals surface area contributed by atoms with Crippen molar-refractivity contribution in [3.63, 3.8) is 0 Å². The first-order valence-electron chi connectivity index (χ1n) is 7.39. The van der Waals surface area contributed by atoms with Gasteiger partial charge in [0, 0.05) is 29.6 Å². The molecule has 0 radical (unpaired) electrons. The zero-order valence-electron chi connectivity index (χ0n) is 13.0. The largest absolute Gasteiger partial charge is 0.364 e. The van der Waals surface area contributed by atoms with Crippen molar-refractivity contribution in [3.8, 4) is 0 Å². The van der Waals surface area contributed by atoms with Gasteiger partial charge in [0.15, 0.2) is 0 Å². The maximum absolute atomic E-state index is 6.49. The van der Waals surface area contributed by atoms with Crippen LogP contribution in [-0.4, -0.2) is 25.2 Å². The number of nitrogens with zero attached hydrogens (tertiary/aromatic N) is 1. The van der Waals surface area contributed by atoms with E-state index in [0.29, 0.717) is 22.1 Å². The molecule has 1 aromatic carbocycles. The molecule has 1 aromatic rings. The number of benzene rings is 1. The fourth-order valence-corrected chi connectivity index (χ4v) is 3.65. The highest BCUT2D eigenvalue weighted by Gasteiger charge is 2.34. The Bertz CT molecular complexity index is 514. The molecule has 1 heterocycles. The fraction of sp³-hybridized carbons (Fsp3) is 0.625. The summed E-state index contributed by atoms with van der Waals surface area (Å²) in [4.78, 5) is 2.41. The smallest absolute Gasteiger partial charge is 0.0837 e. The molecular formula is C16H23BrCl2N2. The summed E-state index contributed by atoms with van der Waals surface area (Å²) in [5.41, 5.74) is 1.25. The lowest BCUT2D eigenvalue weighted by molar-refractivity contribution is 0.234. The molecule has 2 nitrogen and oxygen atoms in total. The molecule has 2 rings (SSSR count). The van der Waals surface area contributed by atoms with Gasteiger partial charge in [0.05, 0.1) is 15.7 Å². The van der Waals surface area contributed by atoms with Crippen LogP contribution in [0.5, 0.6) is 0 Å². The average molecular weight is 394 g/mol. The van der Waals surface area contributed by atoms with E-state index in [9.17, 15) is 0 Å². The van der Waals surface area contributed by atoms with E-state index in [1.165, 1.54) is 0 Å². The Morgan fingerprint density at radius 1 is 1.29 bits per heavy atom. The maximum atomic E-state index is 6.49. The van der Waals surface area contributed by atoms with Gasteiger partial charge >= 0.3 is 0 Å². The van der Waals surface area contributed by atoms with Gasteiger partial charge in [0.25, 0.3) is 0 Å². The lowest BCUT2D eigenvalue weighted by Gasteiger charge is -2.46. The first kappa shape index (κ1) is 17.4. The Labute approximate surface area is 146 Å². The van der Waals surface area contributed by atoms with Crippen molar-refractivity contribution in [3.05, 3.63) is 26.7 Å². The van der Waals surface area contributed by atoms with Gasteiger partial charge in [-0.25, -0.2) is 0 Å². The molecule has 1 fully saturated rings. The molecule has 1 aliphatic rings. The SMILES string of the molecule is CCC1CNC(C(C)(C)C)CN1c1ccc(Br)c(Cl)c1Cl. The van der Waals surface area contributed by atoms with E-state index in [1.807, 2.05) is 6.07 Å². The molecule has 0 amide bonds. The summed E-state index contributed by atoms with van der Waals surface area (Å²) in [5, 5.41) is 4.91. The molecule has 1 saturated heterocycles.